The average molecular weight is 1040 g/mol. The molecule has 3 heterocycles. The van der Waals surface area contributed by atoms with Crippen molar-refractivity contribution < 1.29 is 0 Å². The van der Waals surface area contributed by atoms with Gasteiger partial charge in [-0.3, -0.25) is 0 Å². The zero-order chi connectivity index (χ0) is 53.8. The molecule has 4 heteroatoms. The summed E-state index contributed by atoms with van der Waals surface area (Å²) in [5, 5.41) is 9.90. The molecule has 82 heavy (non-hydrogen) atoms. The highest BCUT2D eigenvalue weighted by Crippen LogP contribution is 2.49. The smallest absolute Gasteiger partial charge is 0.252 e. The van der Waals surface area contributed by atoms with Crippen LogP contribution in [0.4, 0.5) is 34.1 Å². The van der Waals surface area contributed by atoms with Gasteiger partial charge in [-0.05, 0) is 148 Å². The first kappa shape index (κ1) is 46.3. The van der Waals surface area contributed by atoms with E-state index in [2.05, 4.69) is 318 Å². The maximum absolute atomic E-state index is 2.60. The van der Waals surface area contributed by atoms with Gasteiger partial charge in [0.25, 0.3) is 6.71 Å². The number of nitrogens with zero attached hydrogens (tertiary/aromatic N) is 3. The molecule has 0 N–H and O–H groups in total. The minimum Gasteiger partial charge on any atom is -0.311 e. The molecule has 0 atom stereocenters. The van der Waals surface area contributed by atoms with Crippen LogP contribution in [-0.2, 0) is 0 Å². The molecule has 0 bridgehead atoms. The Bertz CT molecular complexity index is 4820. The van der Waals surface area contributed by atoms with E-state index in [1.807, 2.05) is 0 Å². The maximum atomic E-state index is 2.60. The van der Waals surface area contributed by atoms with Gasteiger partial charge in [0.2, 0.25) is 0 Å². The molecule has 0 aliphatic carbocycles. The molecular weight excluding hydrogens is 990 g/mol. The van der Waals surface area contributed by atoms with E-state index in [4.69, 9.17) is 0 Å². The lowest BCUT2D eigenvalue weighted by molar-refractivity contribution is 1.17. The van der Waals surface area contributed by atoms with Gasteiger partial charge < -0.3 is 14.4 Å². The standard InChI is InChI=1S/C78H50BN3/c1-5-19-51(20-6-1)55-33-39-61(40-34-55)80-71-43-37-59(53-23-9-3-10-24-53)46-69(71)79-70-47-60(54-25-11-4-12-26-54)38-44-72(70)81(62-41-35-56(36-42-62)52-21-7-2-8-22-52)75-50-63(49-74(80)77(75)79)82-73-48-58-28-14-13-27-57(58)45-68(73)76-66-31-17-15-29-64(66)65-30-16-18-32-67(65)78(76)82/h1-50H. The molecule has 15 aromatic rings. The minimum absolute atomic E-state index is 0.136. The zero-order valence-electron chi connectivity index (χ0n) is 44.8. The third-order valence-corrected chi connectivity index (χ3v) is 17.5. The summed E-state index contributed by atoms with van der Waals surface area (Å²) in [6.07, 6.45) is 0. The summed E-state index contributed by atoms with van der Waals surface area (Å²) in [5.41, 5.74) is 23.6. The van der Waals surface area contributed by atoms with E-state index >= 15 is 0 Å². The summed E-state index contributed by atoms with van der Waals surface area (Å²) in [6, 6.07) is 113. The van der Waals surface area contributed by atoms with Crippen LogP contribution in [0.2, 0.25) is 0 Å². The molecule has 380 valence electrons. The van der Waals surface area contributed by atoms with E-state index in [9.17, 15) is 0 Å². The lowest BCUT2D eigenvalue weighted by atomic mass is 9.33. The van der Waals surface area contributed by atoms with Crippen LogP contribution < -0.4 is 26.2 Å². The number of hydrogen-bond donors (Lipinski definition) is 0. The Morgan fingerprint density at radius 1 is 0.244 bits per heavy atom. The fourth-order valence-corrected chi connectivity index (χ4v) is 13.8. The van der Waals surface area contributed by atoms with Gasteiger partial charge >= 0.3 is 0 Å². The van der Waals surface area contributed by atoms with Crippen molar-refractivity contribution in [3.05, 3.63) is 303 Å². The second-order valence-electron chi connectivity index (χ2n) is 22.0. The molecule has 2 aliphatic rings. The van der Waals surface area contributed by atoms with Crippen LogP contribution in [0, 0.1) is 0 Å². The van der Waals surface area contributed by atoms with Crippen molar-refractivity contribution >= 4 is 111 Å². The van der Waals surface area contributed by atoms with Crippen molar-refractivity contribution in [2.45, 2.75) is 0 Å². The quantitative estimate of drug-likeness (QED) is 0.116. The number of fused-ring (bicyclic) bond motifs is 13. The predicted octanol–water partition coefficient (Wildman–Crippen LogP) is 19.0. The largest absolute Gasteiger partial charge is 0.311 e. The first-order valence-electron chi connectivity index (χ1n) is 28.4. The molecule has 0 radical (unpaired) electrons. The van der Waals surface area contributed by atoms with Crippen LogP contribution >= 0.6 is 0 Å². The summed E-state index contributed by atoms with van der Waals surface area (Å²) >= 11 is 0. The number of rotatable bonds is 7. The first-order chi connectivity index (χ1) is 40.7. The SMILES string of the molecule is c1ccc(-c2ccc(N3c4ccc(-c5ccccc5)cc4B4c5cc(-c6ccccc6)ccc5N(c5ccc(-c6ccccc6)cc5)c5cc(-n6c7cc8ccccc8cc7c7c8ccccc8c8ccccc8c76)cc3c54)cc2)cc1. The van der Waals surface area contributed by atoms with Gasteiger partial charge in [-0.2, -0.15) is 0 Å². The van der Waals surface area contributed by atoms with Crippen molar-refractivity contribution in [3.8, 4) is 50.2 Å². The van der Waals surface area contributed by atoms with Crippen LogP contribution in [0.25, 0.3) is 104 Å². The summed E-state index contributed by atoms with van der Waals surface area (Å²) in [5.74, 6) is 0. The third kappa shape index (κ3) is 7.18. The third-order valence-electron chi connectivity index (χ3n) is 17.5. The highest BCUT2D eigenvalue weighted by molar-refractivity contribution is 7.00. The molecule has 14 aromatic carbocycles. The van der Waals surface area contributed by atoms with Gasteiger partial charge in [-0.25, -0.2) is 0 Å². The predicted molar refractivity (Wildman–Crippen MR) is 349 cm³/mol. The Hall–Kier alpha value is -10.7. The van der Waals surface area contributed by atoms with Gasteiger partial charge in [0.15, 0.2) is 0 Å². The van der Waals surface area contributed by atoms with Gasteiger partial charge in [-0.15, -0.1) is 0 Å². The van der Waals surface area contributed by atoms with Crippen molar-refractivity contribution in [2.24, 2.45) is 0 Å². The summed E-state index contributed by atoms with van der Waals surface area (Å²) in [7, 11) is 0. The number of aromatic nitrogens is 1. The van der Waals surface area contributed by atoms with Gasteiger partial charge in [0.1, 0.15) is 0 Å². The highest BCUT2D eigenvalue weighted by atomic mass is 15.2. The number of benzene rings is 14. The van der Waals surface area contributed by atoms with Crippen LogP contribution in [0.5, 0.6) is 0 Å². The van der Waals surface area contributed by atoms with Gasteiger partial charge in [0.05, 0.1) is 16.7 Å². The van der Waals surface area contributed by atoms with E-state index < -0.39 is 0 Å². The molecule has 0 unspecified atom stereocenters. The minimum atomic E-state index is -0.136. The molecule has 0 saturated heterocycles. The fraction of sp³-hybridized carbons (Fsp3) is 0. The van der Waals surface area contributed by atoms with Crippen molar-refractivity contribution in [1.82, 2.24) is 4.57 Å². The summed E-state index contributed by atoms with van der Waals surface area (Å²) < 4.78 is 2.60. The molecule has 2 aliphatic heterocycles. The monoisotopic (exact) mass is 1040 g/mol. The molecule has 1 aromatic heterocycles. The van der Waals surface area contributed by atoms with Crippen LogP contribution in [0.15, 0.2) is 303 Å². The Kier molecular flexibility index (Phi) is 10.4. The number of anilines is 6. The summed E-state index contributed by atoms with van der Waals surface area (Å²) in [6.45, 7) is -0.136. The molecule has 0 saturated carbocycles. The number of hydrogen-bond acceptors (Lipinski definition) is 2. The molecule has 3 nitrogen and oxygen atoms in total. The highest BCUT2D eigenvalue weighted by Gasteiger charge is 2.44. The van der Waals surface area contributed by atoms with E-state index in [1.54, 1.807) is 0 Å². The van der Waals surface area contributed by atoms with Gasteiger partial charge in [0, 0.05) is 50.3 Å². The van der Waals surface area contributed by atoms with Crippen molar-refractivity contribution in [2.75, 3.05) is 9.80 Å². The van der Waals surface area contributed by atoms with Crippen molar-refractivity contribution in [1.29, 1.82) is 0 Å². The van der Waals surface area contributed by atoms with Crippen LogP contribution in [0.1, 0.15) is 0 Å². The Balaban J connectivity index is 1.02. The topological polar surface area (TPSA) is 11.4 Å². The Labute approximate surface area is 476 Å². The molecular formula is C78H50BN3. The summed E-state index contributed by atoms with van der Waals surface area (Å²) in [4.78, 5) is 5.13. The molecule has 0 fully saturated rings. The Morgan fingerprint density at radius 2 is 0.622 bits per heavy atom. The van der Waals surface area contributed by atoms with E-state index in [-0.39, 0.29) is 6.71 Å². The van der Waals surface area contributed by atoms with E-state index in [0.29, 0.717) is 0 Å². The molecule has 0 amide bonds. The van der Waals surface area contributed by atoms with Crippen LogP contribution in [0.3, 0.4) is 0 Å². The fourth-order valence-electron chi connectivity index (χ4n) is 13.8. The second kappa shape index (κ2) is 18.5. The average Bonchev–Trinajstić information content (AvgIpc) is 3.15. The first-order valence-corrected chi connectivity index (χ1v) is 28.4. The molecule has 0 spiro atoms. The van der Waals surface area contributed by atoms with Crippen LogP contribution in [-0.4, -0.2) is 11.3 Å². The van der Waals surface area contributed by atoms with Crippen molar-refractivity contribution in [3.63, 3.8) is 0 Å². The maximum Gasteiger partial charge on any atom is 0.252 e. The normalized spacial score (nSPS) is 12.6. The lowest BCUT2D eigenvalue weighted by Gasteiger charge is -2.44. The second-order valence-corrected chi connectivity index (χ2v) is 22.0. The molecule has 17 rings (SSSR count). The van der Waals surface area contributed by atoms with E-state index in [0.717, 1.165) is 39.8 Å². The van der Waals surface area contributed by atoms with E-state index in [1.165, 1.54) is 115 Å². The lowest BCUT2D eigenvalue weighted by Crippen LogP contribution is -2.61. The Morgan fingerprint density at radius 3 is 1.11 bits per heavy atom. The van der Waals surface area contributed by atoms with Gasteiger partial charge in [-0.1, -0.05) is 243 Å². The zero-order valence-corrected chi connectivity index (χ0v) is 44.8.